The van der Waals surface area contributed by atoms with E-state index < -0.39 is 17.4 Å². The zero-order valence-corrected chi connectivity index (χ0v) is 11.4. The van der Waals surface area contributed by atoms with E-state index in [4.69, 9.17) is 10.5 Å². The molecule has 0 aliphatic carbocycles. The third-order valence-electron chi connectivity index (χ3n) is 2.85. The molecule has 0 aliphatic heterocycles. The van der Waals surface area contributed by atoms with E-state index in [2.05, 4.69) is 5.10 Å². The van der Waals surface area contributed by atoms with Crippen LogP contribution in [0.5, 0.6) is 5.75 Å². The summed E-state index contributed by atoms with van der Waals surface area (Å²) in [5.41, 5.74) is 6.34. The van der Waals surface area contributed by atoms with Gasteiger partial charge in [-0.15, -0.1) is 0 Å². The van der Waals surface area contributed by atoms with Crippen molar-refractivity contribution in [1.82, 2.24) is 9.78 Å². The second kappa shape index (κ2) is 6.00. The van der Waals surface area contributed by atoms with E-state index in [1.807, 2.05) is 13.8 Å². The molecule has 0 saturated carbocycles. The second-order valence-electron chi connectivity index (χ2n) is 4.76. The number of ether oxygens (including phenoxy) is 1. The normalized spacial score (nSPS) is 11.1. The van der Waals surface area contributed by atoms with E-state index >= 15 is 0 Å². The van der Waals surface area contributed by atoms with Crippen LogP contribution in [0.25, 0.3) is 0 Å². The first-order chi connectivity index (χ1) is 9.51. The lowest BCUT2D eigenvalue weighted by atomic mass is 10.2. The minimum Gasteiger partial charge on any atom is -0.481 e. The molecule has 0 spiro atoms. The molecule has 1 aromatic heterocycles. The van der Waals surface area contributed by atoms with Crippen molar-refractivity contribution in [3.05, 3.63) is 47.3 Å². The minimum atomic E-state index is -0.756. The molecule has 0 saturated heterocycles. The molecule has 2 aromatic rings. The molecule has 20 heavy (non-hydrogen) atoms. The molecule has 0 unspecified atom stereocenters. The van der Waals surface area contributed by atoms with Gasteiger partial charge in [-0.25, -0.2) is 8.78 Å². The van der Waals surface area contributed by atoms with Crippen molar-refractivity contribution in [3.63, 3.8) is 0 Å². The Hall–Kier alpha value is -1.95. The molecule has 0 radical (unpaired) electrons. The van der Waals surface area contributed by atoms with Gasteiger partial charge >= 0.3 is 0 Å². The molecule has 6 heteroatoms. The predicted molar refractivity (Wildman–Crippen MR) is 71.2 cm³/mol. The molecule has 2 N–H and O–H groups in total. The van der Waals surface area contributed by atoms with Gasteiger partial charge in [-0.05, 0) is 37.6 Å². The van der Waals surface area contributed by atoms with Crippen LogP contribution in [0.15, 0.2) is 24.4 Å². The Morgan fingerprint density at radius 1 is 1.30 bits per heavy atom. The molecular formula is C14H17F2N3O. The van der Waals surface area contributed by atoms with Crippen molar-refractivity contribution >= 4 is 0 Å². The number of benzene rings is 1. The van der Waals surface area contributed by atoms with Crippen LogP contribution in [-0.2, 0) is 13.2 Å². The maximum absolute atomic E-state index is 13.7. The van der Waals surface area contributed by atoms with Crippen LogP contribution in [0.3, 0.4) is 0 Å². The van der Waals surface area contributed by atoms with Crippen molar-refractivity contribution in [1.29, 1.82) is 0 Å². The standard InChI is InChI=1S/C14H17F2N3O/c1-9(2)19-4-3-11(18-19)8-20-14-12(15)5-10(7-17)6-13(14)16/h3-6,9H,7-8,17H2,1-2H3. The van der Waals surface area contributed by atoms with Gasteiger partial charge in [0.25, 0.3) is 0 Å². The molecule has 0 aliphatic rings. The summed E-state index contributed by atoms with van der Waals surface area (Å²) in [5.74, 6) is -1.91. The number of halogens is 2. The number of nitrogens with zero attached hydrogens (tertiary/aromatic N) is 2. The van der Waals surface area contributed by atoms with Crippen molar-refractivity contribution in [3.8, 4) is 5.75 Å². The molecule has 1 aromatic carbocycles. The Kier molecular flexibility index (Phi) is 4.34. The number of hydrogen-bond donors (Lipinski definition) is 1. The van der Waals surface area contributed by atoms with E-state index in [-0.39, 0.29) is 19.2 Å². The van der Waals surface area contributed by atoms with Gasteiger partial charge in [-0.1, -0.05) is 0 Å². The summed E-state index contributed by atoms with van der Waals surface area (Å²) in [6.07, 6.45) is 1.80. The summed E-state index contributed by atoms with van der Waals surface area (Å²) in [5, 5.41) is 4.24. The van der Waals surface area contributed by atoms with E-state index in [9.17, 15) is 8.78 Å². The molecular weight excluding hydrogens is 264 g/mol. The highest BCUT2D eigenvalue weighted by Gasteiger charge is 2.13. The van der Waals surface area contributed by atoms with Crippen LogP contribution in [0.2, 0.25) is 0 Å². The zero-order chi connectivity index (χ0) is 14.7. The first-order valence-corrected chi connectivity index (χ1v) is 6.36. The molecule has 0 fully saturated rings. The van der Waals surface area contributed by atoms with Crippen LogP contribution in [0, 0.1) is 11.6 Å². The molecule has 2 rings (SSSR count). The maximum atomic E-state index is 13.7. The lowest BCUT2D eigenvalue weighted by Gasteiger charge is -2.09. The summed E-state index contributed by atoms with van der Waals surface area (Å²) < 4.78 is 34.3. The topological polar surface area (TPSA) is 53.1 Å². The van der Waals surface area contributed by atoms with Crippen LogP contribution >= 0.6 is 0 Å². The predicted octanol–water partition coefficient (Wildman–Crippen LogP) is 2.78. The summed E-state index contributed by atoms with van der Waals surface area (Å²) in [6.45, 7) is 4.06. The molecule has 1 heterocycles. The molecule has 0 atom stereocenters. The Morgan fingerprint density at radius 2 is 1.95 bits per heavy atom. The molecule has 4 nitrogen and oxygen atoms in total. The average Bonchev–Trinajstić information content (AvgIpc) is 2.86. The fraction of sp³-hybridized carbons (Fsp3) is 0.357. The van der Waals surface area contributed by atoms with E-state index in [0.29, 0.717) is 11.3 Å². The van der Waals surface area contributed by atoms with Crippen LogP contribution in [0.4, 0.5) is 8.78 Å². The average molecular weight is 281 g/mol. The number of hydrogen-bond acceptors (Lipinski definition) is 3. The Bertz CT molecular complexity index is 573. The highest BCUT2D eigenvalue weighted by atomic mass is 19.1. The van der Waals surface area contributed by atoms with Gasteiger partial charge in [-0.2, -0.15) is 5.10 Å². The Balaban J connectivity index is 2.10. The quantitative estimate of drug-likeness (QED) is 0.917. The summed E-state index contributed by atoms with van der Waals surface area (Å²) >= 11 is 0. The maximum Gasteiger partial charge on any atom is 0.191 e. The fourth-order valence-corrected chi connectivity index (χ4v) is 1.76. The Labute approximate surface area is 116 Å². The van der Waals surface area contributed by atoms with Gasteiger partial charge < -0.3 is 10.5 Å². The van der Waals surface area contributed by atoms with Gasteiger partial charge in [0.05, 0.1) is 5.69 Å². The minimum absolute atomic E-state index is 0.00946. The highest BCUT2D eigenvalue weighted by molar-refractivity contribution is 5.31. The smallest absolute Gasteiger partial charge is 0.191 e. The number of nitrogens with two attached hydrogens (primary N) is 1. The molecule has 0 amide bonds. The SMILES string of the molecule is CC(C)n1ccc(COc2c(F)cc(CN)cc2F)n1. The fourth-order valence-electron chi connectivity index (χ4n) is 1.76. The van der Waals surface area contributed by atoms with Gasteiger partial charge in [0.15, 0.2) is 17.4 Å². The zero-order valence-electron chi connectivity index (χ0n) is 11.4. The summed E-state index contributed by atoms with van der Waals surface area (Å²) in [7, 11) is 0. The van der Waals surface area contributed by atoms with Crippen molar-refractivity contribution < 1.29 is 13.5 Å². The number of rotatable bonds is 5. The number of aromatic nitrogens is 2. The van der Waals surface area contributed by atoms with E-state index in [1.165, 1.54) is 12.1 Å². The van der Waals surface area contributed by atoms with Crippen molar-refractivity contribution in [2.75, 3.05) is 0 Å². The van der Waals surface area contributed by atoms with Gasteiger partial charge in [-0.3, -0.25) is 4.68 Å². The van der Waals surface area contributed by atoms with Crippen LogP contribution in [0.1, 0.15) is 31.1 Å². The van der Waals surface area contributed by atoms with Gasteiger partial charge in [0, 0.05) is 18.8 Å². The van der Waals surface area contributed by atoms with Gasteiger partial charge in [0.2, 0.25) is 0 Å². The second-order valence-corrected chi connectivity index (χ2v) is 4.76. The van der Waals surface area contributed by atoms with Gasteiger partial charge in [0.1, 0.15) is 6.61 Å². The summed E-state index contributed by atoms with van der Waals surface area (Å²) in [4.78, 5) is 0. The molecule has 0 bridgehead atoms. The monoisotopic (exact) mass is 281 g/mol. The first-order valence-electron chi connectivity index (χ1n) is 6.36. The third-order valence-corrected chi connectivity index (χ3v) is 2.85. The van der Waals surface area contributed by atoms with Crippen LogP contribution < -0.4 is 10.5 Å². The Morgan fingerprint density at radius 3 is 2.45 bits per heavy atom. The lowest BCUT2D eigenvalue weighted by Crippen LogP contribution is -2.05. The first kappa shape index (κ1) is 14.5. The van der Waals surface area contributed by atoms with Crippen molar-refractivity contribution in [2.24, 2.45) is 5.73 Å². The highest BCUT2D eigenvalue weighted by Crippen LogP contribution is 2.24. The third kappa shape index (κ3) is 3.14. The summed E-state index contributed by atoms with van der Waals surface area (Å²) in [6, 6.07) is 4.32. The van der Waals surface area contributed by atoms with E-state index in [0.717, 1.165) is 0 Å². The van der Waals surface area contributed by atoms with Crippen LogP contribution in [-0.4, -0.2) is 9.78 Å². The van der Waals surface area contributed by atoms with Crippen molar-refractivity contribution in [2.45, 2.75) is 33.0 Å². The van der Waals surface area contributed by atoms with E-state index in [1.54, 1.807) is 16.9 Å². The molecule has 108 valence electrons. The largest absolute Gasteiger partial charge is 0.481 e. The lowest BCUT2D eigenvalue weighted by molar-refractivity contribution is 0.268.